The van der Waals surface area contributed by atoms with Crippen LogP contribution in [-0.4, -0.2) is 40.6 Å². The van der Waals surface area contributed by atoms with Gasteiger partial charge in [0.1, 0.15) is 18.1 Å². The second-order valence-corrected chi connectivity index (χ2v) is 10.2. The van der Waals surface area contributed by atoms with Crippen LogP contribution in [0.1, 0.15) is 45.9 Å². The highest BCUT2D eigenvalue weighted by molar-refractivity contribution is 7.46. The molecule has 1 aromatic rings. The van der Waals surface area contributed by atoms with E-state index >= 15 is 0 Å². The Labute approximate surface area is 179 Å². The summed E-state index contributed by atoms with van der Waals surface area (Å²) in [5.74, 6) is 0.0412. The minimum atomic E-state index is -4.76. The van der Waals surface area contributed by atoms with Crippen LogP contribution in [0.3, 0.4) is 0 Å². The smallest absolute Gasteiger partial charge is 0.351 e. The number of nitrogens with zero attached hydrogens (tertiary/aromatic N) is 2. The van der Waals surface area contributed by atoms with E-state index in [0.29, 0.717) is 5.56 Å². The minimum Gasteiger partial charge on any atom is -0.756 e. The molecule has 2 N–H and O–H groups in total. The van der Waals surface area contributed by atoms with E-state index < -0.39 is 58.6 Å². The summed E-state index contributed by atoms with van der Waals surface area (Å²) in [6, 6.07) is 0. The summed E-state index contributed by atoms with van der Waals surface area (Å²) in [7, 11) is -9.43. The van der Waals surface area contributed by atoms with Crippen molar-refractivity contribution in [1.29, 1.82) is 0 Å². The highest BCUT2D eigenvalue weighted by Crippen LogP contribution is 2.47. The summed E-state index contributed by atoms with van der Waals surface area (Å²) in [6.45, 7) is 7.03. The molecule has 0 aromatic carbocycles. The third kappa shape index (κ3) is 7.74. The molecule has 178 valence electrons. The molecular formula is C16H27N3O10P2-2. The third-order valence-electron chi connectivity index (χ3n) is 4.01. The first-order valence-corrected chi connectivity index (χ1v) is 12.4. The van der Waals surface area contributed by atoms with Gasteiger partial charge in [-0.25, -0.2) is 4.79 Å². The zero-order valence-electron chi connectivity index (χ0n) is 17.8. The van der Waals surface area contributed by atoms with Crippen LogP contribution >= 0.6 is 15.6 Å². The molecule has 0 radical (unpaired) electrons. The molecule has 0 spiro atoms. The second kappa shape index (κ2) is 10.2. The van der Waals surface area contributed by atoms with Gasteiger partial charge in [-0.05, 0) is 34.6 Å². The van der Waals surface area contributed by atoms with E-state index in [0.717, 1.165) is 4.57 Å². The van der Waals surface area contributed by atoms with Crippen LogP contribution in [0.15, 0.2) is 11.0 Å². The molecule has 1 fully saturated rings. The van der Waals surface area contributed by atoms with Gasteiger partial charge in [-0.3, -0.25) is 13.7 Å². The number of aryl methyl sites for hydroxylation is 1. The number of ether oxygens (including phenoxy) is 1. The minimum absolute atomic E-state index is 0.0412. The Bertz CT molecular complexity index is 921. The number of phosphoric ester groups is 2. The van der Waals surface area contributed by atoms with Crippen molar-refractivity contribution in [3.8, 4) is 0 Å². The first-order valence-electron chi connectivity index (χ1n) is 9.51. The van der Waals surface area contributed by atoms with E-state index in [2.05, 4.69) is 4.98 Å². The van der Waals surface area contributed by atoms with Crippen molar-refractivity contribution in [3.63, 3.8) is 0 Å². The maximum Gasteiger partial charge on any atom is 0.351 e. The average molecular weight is 483 g/mol. The normalized spacial score (nSPS) is 25.6. The molecule has 0 amide bonds. The molecular weight excluding hydrogens is 456 g/mol. The Morgan fingerprint density at radius 2 is 1.81 bits per heavy atom. The average Bonchev–Trinajstić information content (AvgIpc) is 2.95. The van der Waals surface area contributed by atoms with E-state index in [9.17, 15) is 23.7 Å². The van der Waals surface area contributed by atoms with E-state index in [1.54, 1.807) is 6.92 Å². The van der Waals surface area contributed by atoms with Crippen molar-refractivity contribution in [2.75, 3.05) is 12.3 Å². The lowest BCUT2D eigenvalue weighted by Crippen LogP contribution is -2.31. The fourth-order valence-electron chi connectivity index (χ4n) is 2.82. The molecule has 13 nitrogen and oxygen atoms in total. The number of aromatic nitrogens is 2. The fourth-order valence-corrected chi connectivity index (χ4v) is 4.85. The standard InChI is InChI=1S/C16H29N3O10P2/c1-9(2)27-30(21,22)25-8-13-12(29-31(23,24)28-10(3)4)6-14(26-13)19-7-11(5)15(17)18-16(19)20/h7,9-10,12-14H,6,8H2,1-5H3,(H,21,22)(H,23,24)(H2,17,18,20)/p-2/t12-,13-,14-/m1/s1. The number of hydrogen-bond donors (Lipinski definition) is 1. The Morgan fingerprint density at radius 3 is 2.39 bits per heavy atom. The van der Waals surface area contributed by atoms with Gasteiger partial charge in [-0.1, -0.05) is 0 Å². The van der Waals surface area contributed by atoms with E-state index in [1.165, 1.54) is 33.9 Å². The summed E-state index contributed by atoms with van der Waals surface area (Å²) >= 11 is 0. The summed E-state index contributed by atoms with van der Waals surface area (Å²) in [6.07, 6.45) is -3.44. The number of nitrogen functional groups attached to an aromatic ring is 1. The molecule has 1 aliphatic rings. The van der Waals surface area contributed by atoms with Gasteiger partial charge in [0.05, 0.1) is 24.9 Å². The predicted molar refractivity (Wildman–Crippen MR) is 105 cm³/mol. The second-order valence-electron chi connectivity index (χ2n) is 7.51. The van der Waals surface area contributed by atoms with Crippen LogP contribution < -0.4 is 21.2 Å². The van der Waals surface area contributed by atoms with Crippen molar-refractivity contribution in [2.24, 2.45) is 0 Å². The Morgan fingerprint density at radius 1 is 1.23 bits per heavy atom. The zero-order valence-corrected chi connectivity index (χ0v) is 19.6. The summed E-state index contributed by atoms with van der Waals surface area (Å²) in [5, 5.41) is 0. The lowest BCUT2D eigenvalue weighted by atomic mass is 10.2. The molecule has 0 saturated carbocycles. The van der Waals surface area contributed by atoms with Crippen molar-refractivity contribution in [2.45, 2.75) is 71.7 Å². The number of phosphoric acid groups is 2. The molecule has 0 aliphatic carbocycles. The van der Waals surface area contributed by atoms with Gasteiger partial charge in [0.25, 0.3) is 15.6 Å². The molecule has 2 rings (SSSR count). The fraction of sp³-hybridized carbons (Fsp3) is 0.750. The topological polar surface area (TPSA) is 187 Å². The van der Waals surface area contributed by atoms with Gasteiger partial charge in [0.15, 0.2) is 0 Å². The summed E-state index contributed by atoms with van der Waals surface area (Å²) in [4.78, 5) is 39.9. The summed E-state index contributed by atoms with van der Waals surface area (Å²) < 4.78 is 50.3. The SMILES string of the molecule is Cc1cn([C@H]2C[C@@H](OP(=O)([O-])OC(C)C)[C@@H](COP(=O)([O-])OC(C)C)O2)c(=O)nc1N. The van der Waals surface area contributed by atoms with Gasteiger partial charge in [-0.15, -0.1) is 0 Å². The van der Waals surface area contributed by atoms with Crippen LogP contribution in [0.4, 0.5) is 5.82 Å². The maximum atomic E-state index is 12.2. The number of nitrogens with two attached hydrogens (primary N) is 1. The molecule has 0 bridgehead atoms. The van der Waals surface area contributed by atoms with E-state index in [1.807, 2.05) is 0 Å². The first-order chi connectivity index (χ1) is 14.2. The monoisotopic (exact) mass is 483 g/mol. The zero-order chi connectivity index (χ0) is 23.6. The number of anilines is 1. The van der Waals surface area contributed by atoms with Gasteiger partial charge >= 0.3 is 5.69 Å². The first kappa shape index (κ1) is 26.1. The quantitative estimate of drug-likeness (QED) is 0.457. The van der Waals surface area contributed by atoms with Crippen LogP contribution in [0, 0.1) is 6.92 Å². The Kier molecular flexibility index (Phi) is 8.59. The molecule has 1 aromatic heterocycles. The van der Waals surface area contributed by atoms with E-state index in [4.69, 9.17) is 28.6 Å². The molecule has 5 atom stereocenters. The number of hydrogen-bond acceptors (Lipinski definition) is 12. The van der Waals surface area contributed by atoms with Crippen LogP contribution in [0.25, 0.3) is 0 Å². The van der Waals surface area contributed by atoms with Gasteiger partial charge in [0.2, 0.25) is 0 Å². The molecule has 2 unspecified atom stereocenters. The van der Waals surface area contributed by atoms with Gasteiger partial charge in [0, 0.05) is 18.2 Å². The highest BCUT2D eigenvalue weighted by atomic mass is 31.2. The molecule has 15 heteroatoms. The third-order valence-corrected chi connectivity index (χ3v) is 6.36. The predicted octanol–water partition coefficient (Wildman–Crippen LogP) is 0.610. The lowest BCUT2D eigenvalue weighted by molar-refractivity contribution is -0.236. The van der Waals surface area contributed by atoms with Crippen LogP contribution in [0.5, 0.6) is 0 Å². The lowest BCUT2D eigenvalue weighted by Gasteiger charge is -2.31. The van der Waals surface area contributed by atoms with E-state index in [-0.39, 0.29) is 12.2 Å². The molecule has 2 heterocycles. The van der Waals surface area contributed by atoms with Gasteiger partial charge in [-0.2, -0.15) is 4.98 Å². The molecule has 1 saturated heterocycles. The molecule has 1 aliphatic heterocycles. The molecule has 31 heavy (non-hydrogen) atoms. The van der Waals surface area contributed by atoms with Crippen molar-refractivity contribution in [1.82, 2.24) is 9.55 Å². The Hall–Kier alpha value is -1.14. The number of rotatable bonds is 10. The van der Waals surface area contributed by atoms with Crippen molar-refractivity contribution in [3.05, 3.63) is 22.2 Å². The van der Waals surface area contributed by atoms with Crippen LogP contribution in [-0.2, 0) is 32.0 Å². The largest absolute Gasteiger partial charge is 0.756 e. The highest BCUT2D eigenvalue weighted by Gasteiger charge is 2.40. The maximum absolute atomic E-state index is 12.2. The Balaban J connectivity index is 2.24. The van der Waals surface area contributed by atoms with Crippen molar-refractivity contribution < 1.29 is 41.7 Å². The summed E-state index contributed by atoms with van der Waals surface area (Å²) in [5.41, 5.74) is 5.39. The van der Waals surface area contributed by atoms with Crippen LogP contribution in [0.2, 0.25) is 0 Å². The van der Waals surface area contributed by atoms with Crippen molar-refractivity contribution >= 4 is 21.5 Å². The van der Waals surface area contributed by atoms with Gasteiger partial charge < -0.3 is 38.4 Å².